The van der Waals surface area contributed by atoms with Crippen molar-refractivity contribution >= 4 is 0 Å². The molecule has 1 unspecified atom stereocenters. The van der Waals surface area contributed by atoms with Crippen molar-refractivity contribution in [2.24, 2.45) is 5.92 Å². The molecule has 0 saturated heterocycles. The van der Waals surface area contributed by atoms with Crippen molar-refractivity contribution in [2.75, 3.05) is 6.54 Å². The van der Waals surface area contributed by atoms with Gasteiger partial charge in [0.15, 0.2) is 0 Å². The third-order valence-corrected chi connectivity index (χ3v) is 3.78. The van der Waals surface area contributed by atoms with Crippen LogP contribution in [0.25, 0.3) is 0 Å². The summed E-state index contributed by atoms with van der Waals surface area (Å²) in [5, 5.41) is 3.71. The fourth-order valence-electron chi connectivity index (χ4n) is 2.81. The number of nitrogens with one attached hydrogen (secondary N) is 1. The average molecular weight is 232 g/mol. The number of nitrogens with zero attached hydrogens (tertiary/aromatic N) is 1. The minimum atomic E-state index is 0.519. The molecule has 0 spiro atoms. The number of aryl methyl sites for hydroxylation is 1. The van der Waals surface area contributed by atoms with Gasteiger partial charge in [-0.15, -0.1) is 0 Å². The summed E-state index contributed by atoms with van der Waals surface area (Å²) >= 11 is 0. The maximum atomic E-state index is 4.44. The summed E-state index contributed by atoms with van der Waals surface area (Å²) in [7, 11) is 0. The first-order chi connectivity index (χ1) is 8.31. The Bertz CT molecular complexity index is 325. The molecule has 1 atom stereocenters. The maximum Gasteiger partial charge on any atom is 0.0372 e. The van der Waals surface area contributed by atoms with Crippen molar-refractivity contribution in [3.05, 3.63) is 29.6 Å². The van der Waals surface area contributed by atoms with Gasteiger partial charge in [0.2, 0.25) is 0 Å². The van der Waals surface area contributed by atoms with Gasteiger partial charge in [-0.2, -0.15) is 0 Å². The zero-order chi connectivity index (χ0) is 12.1. The molecular weight excluding hydrogens is 208 g/mol. The molecule has 0 aromatic carbocycles. The molecule has 2 rings (SSSR count). The van der Waals surface area contributed by atoms with Crippen LogP contribution in [0.2, 0.25) is 0 Å². The van der Waals surface area contributed by atoms with Gasteiger partial charge in [0.1, 0.15) is 0 Å². The molecule has 1 saturated carbocycles. The second-order valence-electron chi connectivity index (χ2n) is 5.21. The number of hydrogen-bond acceptors (Lipinski definition) is 2. The van der Waals surface area contributed by atoms with Gasteiger partial charge in [-0.05, 0) is 50.3 Å². The lowest BCUT2D eigenvalue weighted by molar-refractivity contribution is 0.367. The fourth-order valence-corrected chi connectivity index (χ4v) is 2.81. The van der Waals surface area contributed by atoms with E-state index < -0.39 is 0 Å². The molecule has 1 heterocycles. The van der Waals surface area contributed by atoms with E-state index >= 15 is 0 Å². The van der Waals surface area contributed by atoms with Crippen molar-refractivity contribution in [1.29, 1.82) is 0 Å². The van der Waals surface area contributed by atoms with Crippen LogP contribution in [0.3, 0.4) is 0 Å². The second kappa shape index (κ2) is 6.15. The van der Waals surface area contributed by atoms with Gasteiger partial charge in [-0.1, -0.05) is 25.8 Å². The summed E-state index contributed by atoms with van der Waals surface area (Å²) in [6.45, 7) is 5.38. The van der Waals surface area contributed by atoms with Crippen LogP contribution in [0.1, 0.15) is 56.3 Å². The Balaban J connectivity index is 2.10. The first kappa shape index (κ1) is 12.6. The normalized spacial score (nSPS) is 18.5. The summed E-state index contributed by atoms with van der Waals surface area (Å²) in [5.41, 5.74) is 2.48. The molecule has 0 aliphatic heterocycles. The smallest absolute Gasteiger partial charge is 0.0372 e. The number of hydrogen-bond donors (Lipinski definition) is 1. The number of aromatic nitrogens is 1. The van der Waals surface area contributed by atoms with Gasteiger partial charge < -0.3 is 5.32 Å². The van der Waals surface area contributed by atoms with E-state index in [-0.39, 0.29) is 0 Å². The van der Waals surface area contributed by atoms with Crippen LogP contribution in [0.5, 0.6) is 0 Å². The highest BCUT2D eigenvalue weighted by molar-refractivity contribution is 5.18. The Hall–Kier alpha value is -0.890. The van der Waals surface area contributed by atoms with Gasteiger partial charge in [0, 0.05) is 17.9 Å². The topological polar surface area (TPSA) is 24.9 Å². The first-order valence-electron chi connectivity index (χ1n) is 6.97. The average Bonchev–Trinajstić information content (AvgIpc) is 2.85. The van der Waals surface area contributed by atoms with E-state index in [1.807, 2.05) is 6.92 Å². The van der Waals surface area contributed by atoms with Crippen LogP contribution >= 0.6 is 0 Å². The molecule has 0 amide bonds. The van der Waals surface area contributed by atoms with Crippen molar-refractivity contribution in [3.63, 3.8) is 0 Å². The van der Waals surface area contributed by atoms with Crippen LogP contribution in [0.15, 0.2) is 18.3 Å². The van der Waals surface area contributed by atoms with E-state index in [0.717, 1.165) is 18.2 Å². The van der Waals surface area contributed by atoms with E-state index in [1.165, 1.54) is 37.7 Å². The molecule has 0 radical (unpaired) electrons. The van der Waals surface area contributed by atoms with Gasteiger partial charge in [0.05, 0.1) is 0 Å². The fraction of sp³-hybridized carbons (Fsp3) is 0.667. The lowest BCUT2D eigenvalue weighted by atomic mass is 9.92. The van der Waals surface area contributed by atoms with E-state index in [9.17, 15) is 0 Å². The van der Waals surface area contributed by atoms with E-state index in [0.29, 0.717) is 6.04 Å². The van der Waals surface area contributed by atoms with Crippen LogP contribution in [-0.2, 0) is 0 Å². The van der Waals surface area contributed by atoms with Crippen LogP contribution < -0.4 is 5.32 Å². The summed E-state index contributed by atoms with van der Waals surface area (Å²) in [6.07, 6.45) is 8.79. The quantitative estimate of drug-likeness (QED) is 0.838. The Labute approximate surface area is 105 Å². The van der Waals surface area contributed by atoms with Gasteiger partial charge in [-0.25, -0.2) is 0 Å². The minimum Gasteiger partial charge on any atom is -0.310 e. The largest absolute Gasteiger partial charge is 0.310 e. The molecule has 17 heavy (non-hydrogen) atoms. The Morgan fingerprint density at radius 1 is 1.35 bits per heavy atom. The van der Waals surface area contributed by atoms with E-state index in [2.05, 4.69) is 35.6 Å². The van der Waals surface area contributed by atoms with Gasteiger partial charge in [0.25, 0.3) is 0 Å². The zero-order valence-corrected chi connectivity index (χ0v) is 11.1. The van der Waals surface area contributed by atoms with Crippen molar-refractivity contribution in [2.45, 2.75) is 52.0 Å². The Kier molecular flexibility index (Phi) is 4.55. The first-order valence-corrected chi connectivity index (χ1v) is 6.97. The Morgan fingerprint density at radius 2 is 2.12 bits per heavy atom. The van der Waals surface area contributed by atoms with Crippen LogP contribution in [0, 0.1) is 12.8 Å². The third-order valence-electron chi connectivity index (χ3n) is 3.78. The summed E-state index contributed by atoms with van der Waals surface area (Å²) in [5.74, 6) is 0.811. The van der Waals surface area contributed by atoms with Gasteiger partial charge in [-0.3, -0.25) is 4.98 Å². The zero-order valence-electron chi connectivity index (χ0n) is 11.1. The Morgan fingerprint density at radius 3 is 2.71 bits per heavy atom. The molecule has 1 aromatic rings. The molecule has 1 N–H and O–H groups in total. The highest BCUT2D eigenvalue weighted by atomic mass is 14.9. The highest BCUT2D eigenvalue weighted by Gasteiger charge is 2.25. The monoisotopic (exact) mass is 232 g/mol. The SMILES string of the molecule is CCCNC(c1ccc(C)nc1)C1CCCC1. The lowest BCUT2D eigenvalue weighted by Gasteiger charge is -2.25. The predicted octanol–water partition coefficient (Wildman–Crippen LogP) is 3.62. The van der Waals surface area contributed by atoms with E-state index in [1.54, 1.807) is 0 Å². The lowest BCUT2D eigenvalue weighted by Crippen LogP contribution is -2.28. The number of pyridine rings is 1. The molecule has 1 aromatic heterocycles. The van der Waals surface area contributed by atoms with Crippen LogP contribution in [-0.4, -0.2) is 11.5 Å². The highest BCUT2D eigenvalue weighted by Crippen LogP contribution is 2.35. The summed E-state index contributed by atoms with van der Waals surface area (Å²) < 4.78 is 0. The molecule has 94 valence electrons. The summed E-state index contributed by atoms with van der Waals surface area (Å²) in [6, 6.07) is 4.89. The maximum absolute atomic E-state index is 4.44. The third kappa shape index (κ3) is 3.29. The summed E-state index contributed by atoms with van der Waals surface area (Å²) in [4.78, 5) is 4.44. The molecule has 1 aliphatic carbocycles. The molecule has 1 fully saturated rings. The molecule has 2 nitrogen and oxygen atoms in total. The second-order valence-corrected chi connectivity index (χ2v) is 5.21. The predicted molar refractivity (Wildman–Crippen MR) is 72.0 cm³/mol. The molecule has 1 aliphatic rings. The van der Waals surface area contributed by atoms with Crippen molar-refractivity contribution < 1.29 is 0 Å². The van der Waals surface area contributed by atoms with E-state index in [4.69, 9.17) is 0 Å². The van der Waals surface area contributed by atoms with Crippen LogP contribution in [0.4, 0.5) is 0 Å². The van der Waals surface area contributed by atoms with Crippen molar-refractivity contribution in [1.82, 2.24) is 10.3 Å². The van der Waals surface area contributed by atoms with Crippen molar-refractivity contribution in [3.8, 4) is 0 Å². The van der Waals surface area contributed by atoms with Gasteiger partial charge >= 0.3 is 0 Å². The molecular formula is C15H24N2. The number of rotatable bonds is 5. The standard InChI is InChI=1S/C15H24N2/c1-3-10-16-15(13-6-4-5-7-13)14-9-8-12(2)17-11-14/h8-9,11,13,15-16H,3-7,10H2,1-2H3. The molecule has 0 bridgehead atoms. The minimum absolute atomic E-state index is 0.519. The molecule has 2 heteroatoms.